The van der Waals surface area contributed by atoms with Crippen LogP contribution in [0.4, 0.5) is 5.82 Å². The molecule has 2 aromatic rings. The molecular weight excluding hydrogens is 320 g/mol. The van der Waals surface area contributed by atoms with Crippen LogP contribution in [-0.2, 0) is 20.6 Å². The second-order valence-electron chi connectivity index (χ2n) is 6.13. The van der Waals surface area contributed by atoms with E-state index in [4.69, 9.17) is 0 Å². The van der Waals surface area contributed by atoms with Crippen LogP contribution in [0.15, 0.2) is 34.1 Å². The van der Waals surface area contributed by atoms with Gasteiger partial charge in [0.05, 0.1) is 0 Å². The number of hydrogen-bond acceptors (Lipinski definition) is 6. The van der Waals surface area contributed by atoms with Crippen molar-refractivity contribution in [2.24, 2.45) is 14.1 Å². The van der Waals surface area contributed by atoms with Crippen LogP contribution in [0.25, 0.3) is 0 Å². The van der Waals surface area contributed by atoms with Crippen LogP contribution in [-0.4, -0.2) is 45.2 Å². The molecule has 130 valence electrons. The first-order valence-corrected chi connectivity index (χ1v) is 8.09. The third kappa shape index (κ3) is 3.19. The summed E-state index contributed by atoms with van der Waals surface area (Å²) in [5.74, 6) is 0.416. The van der Waals surface area contributed by atoms with Crippen LogP contribution in [0.3, 0.4) is 0 Å². The molecule has 0 radical (unpaired) electrons. The van der Waals surface area contributed by atoms with E-state index < -0.39 is 11.2 Å². The fourth-order valence-corrected chi connectivity index (χ4v) is 3.17. The lowest BCUT2D eigenvalue weighted by Gasteiger charge is -2.36. The smallest absolute Gasteiger partial charge is 0.332 e. The highest BCUT2D eigenvalue weighted by Gasteiger charge is 2.24. The Hall–Kier alpha value is -2.92. The van der Waals surface area contributed by atoms with E-state index in [9.17, 15) is 14.9 Å². The average Bonchev–Trinajstić information content (AvgIpc) is 2.64. The topological polar surface area (TPSA) is 87.2 Å². The second kappa shape index (κ2) is 6.91. The van der Waals surface area contributed by atoms with Gasteiger partial charge in [-0.25, -0.2) is 4.79 Å². The summed E-state index contributed by atoms with van der Waals surface area (Å²) in [7, 11) is 2.99. The number of anilines is 1. The molecule has 1 aliphatic heterocycles. The molecule has 0 aromatic carbocycles. The monoisotopic (exact) mass is 340 g/mol. The van der Waals surface area contributed by atoms with Gasteiger partial charge in [0.15, 0.2) is 5.56 Å². The summed E-state index contributed by atoms with van der Waals surface area (Å²) in [6.45, 7) is 3.71. The van der Waals surface area contributed by atoms with E-state index in [2.05, 4.69) is 9.88 Å². The van der Waals surface area contributed by atoms with Crippen LogP contribution in [0.5, 0.6) is 0 Å². The molecule has 1 aliphatic rings. The van der Waals surface area contributed by atoms with Gasteiger partial charge in [0.2, 0.25) is 0 Å². The summed E-state index contributed by atoms with van der Waals surface area (Å²) in [6, 6.07) is 5.95. The maximum Gasteiger partial charge on any atom is 0.332 e. The number of pyridine rings is 1. The van der Waals surface area contributed by atoms with E-state index in [0.29, 0.717) is 18.9 Å². The second-order valence-corrected chi connectivity index (χ2v) is 6.13. The minimum Gasteiger partial charge on any atom is -0.354 e. The van der Waals surface area contributed by atoms with Crippen molar-refractivity contribution in [3.05, 3.63) is 56.5 Å². The molecule has 0 spiro atoms. The molecule has 25 heavy (non-hydrogen) atoms. The highest BCUT2D eigenvalue weighted by atomic mass is 16.2. The quantitative estimate of drug-likeness (QED) is 0.761. The van der Waals surface area contributed by atoms with Crippen molar-refractivity contribution >= 4 is 5.82 Å². The van der Waals surface area contributed by atoms with E-state index in [1.807, 2.05) is 23.1 Å². The third-order valence-electron chi connectivity index (χ3n) is 4.57. The lowest BCUT2D eigenvalue weighted by atomic mass is 10.2. The highest BCUT2D eigenvalue weighted by molar-refractivity contribution is 5.53. The van der Waals surface area contributed by atoms with E-state index >= 15 is 0 Å². The van der Waals surface area contributed by atoms with Crippen LogP contribution in [0, 0.1) is 11.3 Å². The zero-order valence-corrected chi connectivity index (χ0v) is 14.3. The number of piperazine rings is 1. The van der Waals surface area contributed by atoms with Gasteiger partial charge in [0, 0.05) is 59.2 Å². The minimum absolute atomic E-state index is 0.0205. The van der Waals surface area contributed by atoms with Gasteiger partial charge in [-0.1, -0.05) is 0 Å². The van der Waals surface area contributed by atoms with Crippen LogP contribution >= 0.6 is 0 Å². The minimum atomic E-state index is -0.542. The Labute approximate surface area is 145 Å². The molecule has 8 heteroatoms. The summed E-state index contributed by atoms with van der Waals surface area (Å²) in [5.41, 5.74) is 0.257. The van der Waals surface area contributed by atoms with E-state index in [1.165, 1.54) is 17.2 Å². The van der Waals surface area contributed by atoms with Gasteiger partial charge in [-0.15, -0.1) is 0 Å². The Bertz CT molecular complexity index is 917. The molecule has 1 saturated heterocycles. The van der Waals surface area contributed by atoms with E-state index in [1.54, 1.807) is 19.4 Å². The zero-order valence-electron chi connectivity index (χ0n) is 14.3. The average molecular weight is 340 g/mol. The molecule has 0 aliphatic carbocycles. The molecule has 8 nitrogen and oxygen atoms in total. The number of rotatable bonds is 3. The van der Waals surface area contributed by atoms with Gasteiger partial charge in [-0.2, -0.15) is 5.26 Å². The Morgan fingerprint density at radius 2 is 1.72 bits per heavy atom. The number of nitrogens with zero attached hydrogens (tertiary/aromatic N) is 6. The van der Waals surface area contributed by atoms with Crippen molar-refractivity contribution in [2.45, 2.75) is 6.54 Å². The molecule has 3 heterocycles. The molecule has 2 aromatic heterocycles. The molecule has 3 rings (SSSR count). The summed E-state index contributed by atoms with van der Waals surface area (Å²) in [6.07, 6.45) is 3.56. The van der Waals surface area contributed by atoms with Gasteiger partial charge < -0.3 is 4.90 Å². The molecule has 0 amide bonds. The van der Waals surface area contributed by atoms with Gasteiger partial charge in [0.25, 0.3) is 5.56 Å². The first-order valence-electron chi connectivity index (χ1n) is 8.09. The Balaban J connectivity index is 1.81. The molecular formula is C17H20N6O2. The van der Waals surface area contributed by atoms with Crippen molar-refractivity contribution in [1.82, 2.24) is 19.0 Å². The van der Waals surface area contributed by atoms with E-state index in [-0.39, 0.29) is 5.56 Å². The van der Waals surface area contributed by atoms with Crippen molar-refractivity contribution in [3.63, 3.8) is 0 Å². The van der Waals surface area contributed by atoms with Gasteiger partial charge in [0.1, 0.15) is 11.9 Å². The van der Waals surface area contributed by atoms with Gasteiger partial charge >= 0.3 is 5.69 Å². The Morgan fingerprint density at radius 3 is 2.32 bits per heavy atom. The summed E-state index contributed by atoms with van der Waals surface area (Å²) in [4.78, 5) is 32.7. The fraction of sp³-hybridized carbons (Fsp3) is 0.412. The highest BCUT2D eigenvalue weighted by Crippen LogP contribution is 2.17. The van der Waals surface area contributed by atoms with E-state index in [0.717, 1.165) is 24.2 Å². The SMILES string of the molecule is Cn1c(N2CCN(Cc3ccncc3)CC2)c(C#N)c(=O)n(C)c1=O. The maximum atomic E-state index is 12.2. The molecule has 0 N–H and O–H groups in total. The Morgan fingerprint density at radius 1 is 1.08 bits per heavy atom. The molecule has 0 bridgehead atoms. The zero-order chi connectivity index (χ0) is 18.0. The van der Waals surface area contributed by atoms with Crippen molar-refractivity contribution in [3.8, 4) is 6.07 Å². The molecule has 0 saturated carbocycles. The summed E-state index contributed by atoms with van der Waals surface area (Å²) >= 11 is 0. The Kier molecular flexibility index (Phi) is 4.67. The number of nitriles is 1. The summed E-state index contributed by atoms with van der Waals surface area (Å²) in [5, 5.41) is 9.39. The normalized spacial score (nSPS) is 15.2. The molecule has 1 fully saturated rings. The largest absolute Gasteiger partial charge is 0.354 e. The maximum absolute atomic E-state index is 12.2. The van der Waals surface area contributed by atoms with Gasteiger partial charge in [-0.05, 0) is 17.7 Å². The lowest BCUT2D eigenvalue weighted by Crippen LogP contribution is -2.50. The number of aromatic nitrogens is 3. The third-order valence-corrected chi connectivity index (χ3v) is 4.57. The predicted octanol–water partition coefficient (Wildman–Crippen LogP) is -0.327. The van der Waals surface area contributed by atoms with Crippen molar-refractivity contribution in [2.75, 3.05) is 31.1 Å². The molecule has 0 unspecified atom stereocenters. The number of hydrogen-bond donors (Lipinski definition) is 0. The first kappa shape index (κ1) is 16.9. The van der Waals surface area contributed by atoms with Gasteiger partial charge in [-0.3, -0.25) is 23.8 Å². The van der Waals surface area contributed by atoms with Crippen LogP contribution < -0.4 is 16.1 Å². The summed E-state index contributed by atoms with van der Waals surface area (Å²) < 4.78 is 2.36. The molecule has 0 atom stereocenters. The fourth-order valence-electron chi connectivity index (χ4n) is 3.17. The standard InChI is InChI=1S/C17H20N6O2/c1-20-15(14(11-18)16(24)21(2)17(20)25)23-9-7-22(8-10-23)12-13-3-5-19-6-4-13/h3-6H,7-10,12H2,1-2H3. The first-order chi connectivity index (χ1) is 12.0. The van der Waals surface area contributed by atoms with Crippen molar-refractivity contribution in [1.29, 1.82) is 5.26 Å². The van der Waals surface area contributed by atoms with Crippen LogP contribution in [0.2, 0.25) is 0 Å². The lowest BCUT2D eigenvalue weighted by molar-refractivity contribution is 0.248. The van der Waals surface area contributed by atoms with Crippen LogP contribution in [0.1, 0.15) is 11.1 Å². The predicted molar refractivity (Wildman–Crippen MR) is 93.4 cm³/mol. The van der Waals surface area contributed by atoms with Crippen molar-refractivity contribution < 1.29 is 0 Å².